The Bertz CT molecular complexity index is 8170. The molecule has 0 saturated carbocycles. The van der Waals surface area contributed by atoms with E-state index in [0.717, 1.165) is 118 Å². The molecular formula is C126H89N9. The van der Waals surface area contributed by atoms with E-state index in [9.17, 15) is 0 Å². The third-order valence-corrected chi connectivity index (χ3v) is 27.2. The molecule has 0 radical (unpaired) electrons. The zero-order valence-electron chi connectivity index (χ0n) is 75.0. The first-order valence-corrected chi connectivity index (χ1v) is 46.0. The first-order chi connectivity index (χ1) is 66.4. The molecule has 0 aliphatic heterocycles. The third kappa shape index (κ3) is 15.1. The molecule has 0 saturated heterocycles. The molecule has 3 aliphatic carbocycles. The van der Waals surface area contributed by atoms with Gasteiger partial charge in [-0.2, -0.15) is 0 Å². The minimum atomic E-state index is -0.481. The van der Waals surface area contributed by atoms with E-state index >= 15 is 0 Å². The molecule has 0 bridgehead atoms. The molecule has 3 aliphatic rings. The Morgan fingerprint density at radius 3 is 1.07 bits per heavy atom. The highest BCUT2D eigenvalue weighted by atomic mass is 14.9. The molecule has 638 valence electrons. The summed E-state index contributed by atoms with van der Waals surface area (Å²) in [6, 6.07) is 156. The molecule has 0 atom stereocenters. The summed E-state index contributed by atoms with van der Waals surface area (Å²) in [7, 11) is 0. The first-order valence-electron chi connectivity index (χ1n) is 46.0. The highest BCUT2D eigenvalue weighted by Gasteiger charge is 2.47. The zero-order chi connectivity index (χ0) is 90.6. The Kier molecular flexibility index (Phi) is 21.0. The Morgan fingerprint density at radius 1 is 0.193 bits per heavy atom. The van der Waals surface area contributed by atoms with E-state index in [0.29, 0.717) is 17.5 Å². The van der Waals surface area contributed by atoms with Crippen LogP contribution in [0.1, 0.15) is 72.2 Å². The molecule has 135 heavy (non-hydrogen) atoms. The SMILES string of the molecule is CC1(C)c2cc(-c3cc(-c4ccccc4)nc(-c4ccc(-c5ccccc5)nc4)n3)ccc2-c2c1ccc1ccccc21.CC1(C)c2cc(-c3cc(-c4ccccc4)nc(-c4ccc(-c5ccccn5)cc4)n3)ccc2-c2ccc3ccccc3c21.c1ccc(-c2cc(-c3ccc4c(c3)C(c3ccccc3)(c3ccccc3)c3ccccc3-4)nc(-c3ccc(-c4ccncc4)cc3)n2)cc1. The van der Waals surface area contributed by atoms with Gasteiger partial charge >= 0.3 is 0 Å². The van der Waals surface area contributed by atoms with Crippen LogP contribution in [0.25, 0.3) is 190 Å². The van der Waals surface area contributed by atoms with Gasteiger partial charge < -0.3 is 0 Å². The quantitative estimate of drug-likeness (QED) is 0.105. The number of rotatable bonds is 14. The van der Waals surface area contributed by atoms with Crippen molar-refractivity contribution in [1.29, 1.82) is 0 Å². The standard InChI is InChI=1S/C46H31N3.2C40H29N3/c1-4-12-34(13-5-1)43-31-44(49-45(48-43)35-22-20-32(21-23-35)33-26-28-47-29-27-33)36-24-25-40-39-18-10-11-19-41(39)46(42(40)30-36,37-14-6-2-7-15-37)38-16-8-3-9-17-38;1-40(2)33-21-18-26-11-9-10-16-31(26)38(33)32-20-17-29(23-34(32)40)37-24-36(28-14-7-4-8-15-28)42-39(43-37)30-19-22-35(41-25-30)27-12-5-3-6-13-27;1-40(2)34-24-30(20-21-32(34)33-22-19-26-10-6-7-13-31(26)38(33)40)37-25-36(27-11-4-3-5-12-27)42-39(43-37)29-17-15-28(16-18-29)35-14-8-9-23-41-35/h1-31H;2*3-25H,1-2H3. The maximum Gasteiger partial charge on any atom is 0.161 e. The summed E-state index contributed by atoms with van der Waals surface area (Å²) in [5.41, 5.74) is 38.4. The molecule has 9 heteroatoms. The lowest BCUT2D eigenvalue weighted by Gasteiger charge is -2.34. The number of pyridine rings is 3. The van der Waals surface area contributed by atoms with Crippen LogP contribution in [-0.4, -0.2) is 44.9 Å². The van der Waals surface area contributed by atoms with E-state index < -0.39 is 5.41 Å². The molecule has 0 spiro atoms. The summed E-state index contributed by atoms with van der Waals surface area (Å²) in [4.78, 5) is 44.1. The molecule has 22 aromatic rings. The van der Waals surface area contributed by atoms with Gasteiger partial charge in [0.05, 0.1) is 51.0 Å². The van der Waals surface area contributed by atoms with Gasteiger partial charge in [-0.05, 0) is 183 Å². The fourth-order valence-electron chi connectivity index (χ4n) is 20.5. The number of hydrogen-bond acceptors (Lipinski definition) is 9. The summed E-state index contributed by atoms with van der Waals surface area (Å²) < 4.78 is 0. The molecule has 0 amide bonds. The van der Waals surface area contributed by atoms with E-state index in [2.05, 4.69) is 396 Å². The van der Waals surface area contributed by atoms with Crippen molar-refractivity contribution in [1.82, 2.24) is 44.9 Å². The second-order valence-electron chi connectivity index (χ2n) is 35.9. The molecule has 0 fully saturated rings. The van der Waals surface area contributed by atoms with Crippen molar-refractivity contribution in [2.75, 3.05) is 0 Å². The summed E-state index contributed by atoms with van der Waals surface area (Å²) in [6.07, 6.45) is 7.34. The number of fused-ring (bicyclic) bond motifs is 13. The third-order valence-electron chi connectivity index (χ3n) is 27.2. The lowest BCUT2D eigenvalue weighted by Crippen LogP contribution is -2.28. The van der Waals surface area contributed by atoms with Gasteiger partial charge in [0, 0.05) is 96.8 Å². The van der Waals surface area contributed by atoms with Gasteiger partial charge in [0.15, 0.2) is 17.5 Å². The van der Waals surface area contributed by atoms with E-state index in [1.165, 1.54) is 99.4 Å². The number of aromatic nitrogens is 9. The van der Waals surface area contributed by atoms with Crippen LogP contribution in [0, 0.1) is 0 Å². The van der Waals surface area contributed by atoms with Crippen LogP contribution in [0.4, 0.5) is 0 Å². The summed E-state index contributed by atoms with van der Waals surface area (Å²) in [6.45, 7) is 9.35. The van der Waals surface area contributed by atoms with Crippen molar-refractivity contribution in [3.63, 3.8) is 0 Å². The van der Waals surface area contributed by atoms with Gasteiger partial charge in [-0.25, -0.2) is 29.9 Å². The zero-order valence-corrected chi connectivity index (χ0v) is 75.0. The predicted octanol–water partition coefficient (Wildman–Crippen LogP) is 30.9. The summed E-state index contributed by atoms with van der Waals surface area (Å²) in [5.74, 6) is 2.06. The summed E-state index contributed by atoms with van der Waals surface area (Å²) in [5, 5.41) is 5.19. The minimum absolute atomic E-state index is 0.125. The predicted molar refractivity (Wildman–Crippen MR) is 552 cm³/mol. The highest BCUT2D eigenvalue weighted by molar-refractivity contribution is 6.03. The van der Waals surface area contributed by atoms with Crippen molar-refractivity contribution in [3.8, 4) is 169 Å². The Morgan fingerprint density at radius 2 is 0.556 bits per heavy atom. The van der Waals surface area contributed by atoms with Gasteiger partial charge in [-0.3, -0.25) is 15.0 Å². The van der Waals surface area contributed by atoms with Gasteiger partial charge in [0.2, 0.25) is 0 Å². The summed E-state index contributed by atoms with van der Waals surface area (Å²) >= 11 is 0. The topological polar surface area (TPSA) is 116 Å². The van der Waals surface area contributed by atoms with Crippen LogP contribution in [0.2, 0.25) is 0 Å². The largest absolute Gasteiger partial charge is 0.265 e. The van der Waals surface area contributed by atoms with Crippen LogP contribution >= 0.6 is 0 Å². The monoisotopic (exact) mass is 1730 g/mol. The van der Waals surface area contributed by atoms with Crippen LogP contribution in [0.3, 0.4) is 0 Å². The Hall–Kier alpha value is -17.3. The maximum absolute atomic E-state index is 5.25. The number of nitrogens with zero attached hydrogens (tertiary/aromatic N) is 9. The van der Waals surface area contributed by atoms with Crippen molar-refractivity contribution in [2.24, 2.45) is 0 Å². The van der Waals surface area contributed by atoms with E-state index in [-0.39, 0.29) is 10.8 Å². The van der Waals surface area contributed by atoms with Crippen molar-refractivity contribution < 1.29 is 0 Å². The average molecular weight is 1730 g/mol. The maximum atomic E-state index is 5.25. The second-order valence-corrected chi connectivity index (χ2v) is 35.9. The molecule has 25 rings (SSSR count). The fraction of sp³-hybridized carbons (Fsp3) is 0.0556. The average Bonchev–Trinajstić information content (AvgIpc) is 1.54. The normalized spacial score (nSPS) is 12.9. The molecule has 0 N–H and O–H groups in total. The fourth-order valence-corrected chi connectivity index (χ4v) is 20.5. The van der Waals surface area contributed by atoms with E-state index in [4.69, 9.17) is 34.9 Å². The highest BCUT2D eigenvalue weighted by Crippen LogP contribution is 2.58. The molecule has 9 nitrogen and oxygen atoms in total. The van der Waals surface area contributed by atoms with Crippen LogP contribution in [-0.2, 0) is 16.2 Å². The lowest BCUT2D eigenvalue weighted by molar-refractivity contribution is 0.661. The van der Waals surface area contributed by atoms with Crippen LogP contribution in [0.15, 0.2) is 468 Å². The molecule has 6 aromatic heterocycles. The Labute approximate surface area is 785 Å². The minimum Gasteiger partial charge on any atom is -0.265 e. The first kappa shape index (κ1) is 82.2. The van der Waals surface area contributed by atoms with Gasteiger partial charge in [0.25, 0.3) is 0 Å². The molecule has 0 unspecified atom stereocenters. The lowest BCUT2D eigenvalue weighted by atomic mass is 9.67. The van der Waals surface area contributed by atoms with Crippen molar-refractivity contribution >= 4 is 21.5 Å². The second kappa shape index (κ2) is 34.5. The van der Waals surface area contributed by atoms with Crippen LogP contribution < -0.4 is 0 Å². The van der Waals surface area contributed by atoms with E-state index in [1.54, 1.807) is 0 Å². The van der Waals surface area contributed by atoms with Crippen molar-refractivity contribution in [3.05, 3.63) is 512 Å². The Balaban J connectivity index is 0.000000114. The van der Waals surface area contributed by atoms with Crippen LogP contribution in [0.5, 0.6) is 0 Å². The van der Waals surface area contributed by atoms with Gasteiger partial charge in [0.1, 0.15) is 0 Å². The molecule has 16 aromatic carbocycles. The van der Waals surface area contributed by atoms with Gasteiger partial charge in [-0.15, -0.1) is 0 Å². The van der Waals surface area contributed by atoms with Crippen molar-refractivity contribution in [2.45, 2.75) is 43.9 Å². The number of benzene rings is 16. The van der Waals surface area contributed by atoms with E-state index in [1.807, 2.05) is 110 Å². The molecule has 6 heterocycles. The smallest absolute Gasteiger partial charge is 0.161 e. The molecular weight excluding hydrogens is 1640 g/mol. The van der Waals surface area contributed by atoms with Gasteiger partial charge in [-0.1, -0.05) is 398 Å². The number of hydrogen-bond donors (Lipinski definition) is 0.